The lowest BCUT2D eigenvalue weighted by Gasteiger charge is -2.06. The van der Waals surface area contributed by atoms with Gasteiger partial charge >= 0.3 is 0 Å². The Morgan fingerprint density at radius 3 is 2.38 bits per heavy atom. The molecule has 0 aliphatic carbocycles. The zero-order chi connectivity index (χ0) is 9.84. The third kappa shape index (κ3) is 3.37. The van der Waals surface area contributed by atoms with E-state index in [2.05, 4.69) is 0 Å². The quantitative estimate of drug-likeness (QED) is 0.707. The van der Waals surface area contributed by atoms with Crippen molar-refractivity contribution in [2.45, 2.75) is 18.7 Å². The van der Waals surface area contributed by atoms with Crippen LogP contribution in [0.1, 0.15) is 24.3 Å². The van der Waals surface area contributed by atoms with Crippen molar-refractivity contribution in [2.75, 3.05) is 0 Å². The molecule has 0 N–H and O–H groups in total. The van der Waals surface area contributed by atoms with Crippen molar-refractivity contribution in [3.05, 3.63) is 34.9 Å². The zero-order valence-electron chi connectivity index (χ0n) is 7.26. The molecule has 0 radical (unpaired) electrons. The first-order valence-corrected chi connectivity index (χ1v) is 4.80. The second kappa shape index (κ2) is 4.64. The molecular weight excluding hydrogens is 207 g/mol. The van der Waals surface area contributed by atoms with Crippen LogP contribution in [0, 0.1) is 0 Å². The highest BCUT2D eigenvalue weighted by Gasteiger charge is 2.09. The fraction of sp³-hybridized carbons (Fsp3) is 0.300. The lowest BCUT2D eigenvalue weighted by molar-refractivity contribution is -0.117. The Morgan fingerprint density at radius 1 is 1.38 bits per heavy atom. The molecule has 3 heteroatoms. The van der Waals surface area contributed by atoms with Gasteiger partial charge in [0.2, 0.25) is 0 Å². The molecule has 0 spiro atoms. The van der Waals surface area contributed by atoms with Crippen LogP contribution in [0.3, 0.4) is 0 Å². The Bertz CT molecular complexity index is 292. The second-order valence-corrected chi connectivity index (χ2v) is 3.89. The normalized spacial score (nSPS) is 12.5. The van der Waals surface area contributed by atoms with Gasteiger partial charge in [0.1, 0.15) is 5.78 Å². The van der Waals surface area contributed by atoms with Gasteiger partial charge in [-0.2, -0.15) is 0 Å². The summed E-state index contributed by atoms with van der Waals surface area (Å²) in [5, 5.41) is 0.435. The van der Waals surface area contributed by atoms with E-state index >= 15 is 0 Å². The third-order valence-electron chi connectivity index (χ3n) is 1.70. The van der Waals surface area contributed by atoms with Crippen LogP contribution >= 0.6 is 23.2 Å². The maximum atomic E-state index is 10.8. The predicted octanol–water partition coefficient (Wildman–Crippen LogP) is 3.60. The molecular formula is C10H10Cl2O. The highest BCUT2D eigenvalue weighted by molar-refractivity contribution is 6.30. The minimum absolute atomic E-state index is 0.0925. The van der Waals surface area contributed by atoms with Crippen molar-refractivity contribution < 1.29 is 4.79 Å². The fourth-order valence-electron chi connectivity index (χ4n) is 1.04. The first-order chi connectivity index (χ1) is 6.09. The summed E-state index contributed by atoms with van der Waals surface area (Å²) >= 11 is 11.7. The van der Waals surface area contributed by atoms with Crippen molar-refractivity contribution >= 4 is 29.0 Å². The van der Waals surface area contributed by atoms with E-state index in [4.69, 9.17) is 23.2 Å². The number of carbonyl (C=O) groups is 1. The van der Waals surface area contributed by atoms with Gasteiger partial charge in [0, 0.05) is 11.4 Å². The van der Waals surface area contributed by atoms with Crippen LogP contribution in [0.2, 0.25) is 5.02 Å². The summed E-state index contributed by atoms with van der Waals surface area (Å²) in [4.78, 5) is 10.8. The highest BCUT2D eigenvalue weighted by atomic mass is 35.5. The summed E-state index contributed by atoms with van der Waals surface area (Å²) in [5.74, 6) is 0.0925. The van der Waals surface area contributed by atoms with E-state index in [9.17, 15) is 4.79 Å². The summed E-state index contributed by atoms with van der Waals surface area (Å²) in [5.41, 5.74) is 0.932. The van der Waals surface area contributed by atoms with Crippen molar-refractivity contribution in [1.82, 2.24) is 0 Å². The Labute approximate surface area is 87.7 Å². The van der Waals surface area contributed by atoms with Gasteiger partial charge in [0.25, 0.3) is 0 Å². The molecule has 0 amide bonds. The summed E-state index contributed by atoms with van der Waals surface area (Å²) in [7, 11) is 0. The average Bonchev–Trinajstić information content (AvgIpc) is 2.04. The first-order valence-electron chi connectivity index (χ1n) is 3.98. The zero-order valence-corrected chi connectivity index (χ0v) is 8.77. The van der Waals surface area contributed by atoms with Gasteiger partial charge < -0.3 is 0 Å². The lowest BCUT2D eigenvalue weighted by atomic mass is 10.1. The summed E-state index contributed by atoms with van der Waals surface area (Å²) in [6, 6.07) is 7.21. The molecule has 0 saturated heterocycles. The topological polar surface area (TPSA) is 17.1 Å². The predicted molar refractivity (Wildman–Crippen MR) is 55.3 cm³/mol. The monoisotopic (exact) mass is 216 g/mol. The molecule has 1 nitrogen and oxygen atoms in total. The summed E-state index contributed by atoms with van der Waals surface area (Å²) in [6.07, 6.45) is 0.364. The number of halogens is 2. The molecule has 0 aliphatic heterocycles. The standard InChI is InChI=1S/C10H10Cl2O/c1-7(13)6-10(12)8-2-4-9(11)5-3-8/h2-5,10H,6H2,1H3. The Hall–Kier alpha value is -0.530. The van der Waals surface area contributed by atoms with Gasteiger partial charge in [-0.05, 0) is 24.6 Å². The first kappa shape index (κ1) is 10.6. The fourth-order valence-corrected chi connectivity index (χ4v) is 1.53. The van der Waals surface area contributed by atoms with E-state index in [1.165, 1.54) is 6.92 Å². The SMILES string of the molecule is CC(=O)CC(Cl)c1ccc(Cl)cc1. The molecule has 1 aromatic rings. The number of alkyl halides is 1. The van der Waals surface area contributed by atoms with Gasteiger partial charge in [0.15, 0.2) is 0 Å². The maximum Gasteiger partial charge on any atom is 0.131 e. The van der Waals surface area contributed by atoms with Crippen LogP contribution in [0.25, 0.3) is 0 Å². The van der Waals surface area contributed by atoms with Gasteiger partial charge in [-0.1, -0.05) is 23.7 Å². The van der Waals surface area contributed by atoms with Gasteiger partial charge in [-0.15, -0.1) is 11.6 Å². The Kier molecular flexibility index (Phi) is 3.76. The molecule has 1 atom stereocenters. The van der Waals surface area contributed by atoms with E-state index in [0.29, 0.717) is 11.4 Å². The number of hydrogen-bond acceptors (Lipinski definition) is 1. The van der Waals surface area contributed by atoms with Crippen LogP contribution in [-0.2, 0) is 4.79 Å². The molecule has 0 bridgehead atoms. The average molecular weight is 217 g/mol. The molecule has 1 aromatic carbocycles. The summed E-state index contributed by atoms with van der Waals surface area (Å²) in [6.45, 7) is 1.53. The number of benzene rings is 1. The highest BCUT2D eigenvalue weighted by Crippen LogP contribution is 2.25. The minimum atomic E-state index is -0.241. The summed E-state index contributed by atoms with van der Waals surface area (Å²) < 4.78 is 0. The van der Waals surface area contributed by atoms with E-state index in [0.717, 1.165) is 5.56 Å². The van der Waals surface area contributed by atoms with Gasteiger partial charge in [0.05, 0.1) is 5.38 Å². The third-order valence-corrected chi connectivity index (χ3v) is 2.36. The molecule has 0 heterocycles. The largest absolute Gasteiger partial charge is 0.300 e. The molecule has 0 aromatic heterocycles. The van der Waals surface area contributed by atoms with E-state index in [1.54, 1.807) is 12.1 Å². The molecule has 70 valence electrons. The molecule has 0 aliphatic rings. The Morgan fingerprint density at radius 2 is 1.92 bits per heavy atom. The van der Waals surface area contributed by atoms with E-state index in [-0.39, 0.29) is 11.2 Å². The minimum Gasteiger partial charge on any atom is -0.300 e. The van der Waals surface area contributed by atoms with Gasteiger partial charge in [-0.25, -0.2) is 0 Å². The molecule has 0 fully saturated rings. The van der Waals surface area contributed by atoms with Crippen LogP contribution < -0.4 is 0 Å². The number of Topliss-reactive ketones (excluding diaryl/α,β-unsaturated/α-hetero) is 1. The number of rotatable bonds is 3. The van der Waals surface area contributed by atoms with E-state index < -0.39 is 0 Å². The number of carbonyl (C=O) groups excluding carboxylic acids is 1. The van der Waals surface area contributed by atoms with Crippen LogP contribution in [-0.4, -0.2) is 5.78 Å². The smallest absolute Gasteiger partial charge is 0.131 e. The van der Waals surface area contributed by atoms with Crippen LogP contribution in [0.5, 0.6) is 0 Å². The molecule has 1 unspecified atom stereocenters. The Balaban J connectivity index is 2.71. The number of ketones is 1. The van der Waals surface area contributed by atoms with Gasteiger partial charge in [-0.3, -0.25) is 4.79 Å². The molecule has 0 saturated carbocycles. The van der Waals surface area contributed by atoms with Crippen molar-refractivity contribution in [3.63, 3.8) is 0 Å². The van der Waals surface area contributed by atoms with E-state index in [1.807, 2.05) is 12.1 Å². The maximum absolute atomic E-state index is 10.8. The van der Waals surface area contributed by atoms with Crippen molar-refractivity contribution in [3.8, 4) is 0 Å². The lowest BCUT2D eigenvalue weighted by Crippen LogP contribution is -1.97. The van der Waals surface area contributed by atoms with Crippen LogP contribution in [0.15, 0.2) is 24.3 Å². The molecule has 13 heavy (non-hydrogen) atoms. The number of hydrogen-bond donors (Lipinski definition) is 0. The molecule has 1 rings (SSSR count). The van der Waals surface area contributed by atoms with Crippen molar-refractivity contribution in [2.24, 2.45) is 0 Å². The van der Waals surface area contributed by atoms with Crippen molar-refractivity contribution in [1.29, 1.82) is 0 Å². The van der Waals surface area contributed by atoms with Crippen LogP contribution in [0.4, 0.5) is 0 Å². The second-order valence-electron chi connectivity index (χ2n) is 2.93.